The summed E-state index contributed by atoms with van der Waals surface area (Å²) in [6.45, 7) is 2.02. The summed E-state index contributed by atoms with van der Waals surface area (Å²) in [4.78, 5) is 24.3. The lowest BCUT2D eigenvalue weighted by molar-refractivity contribution is -0.111. The highest BCUT2D eigenvalue weighted by molar-refractivity contribution is 6.04. The Balaban J connectivity index is 2.03. The van der Waals surface area contributed by atoms with Crippen LogP contribution in [0.25, 0.3) is 27.9 Å². The molecule has 0 aromatic carbocycles. The Labute approximate surface area is 163 Å². The first-order chi connectivity index (χ1) is 13.5. The first-order valence-electron chi connectivity index (χ1n) is 9.22. The van der Waals surface area contributed by atoms with Crippen LogP contribution in [0.15, 0.2) is 24.7 Å². The van der Waals surface area contributed by atoms with Gasteiger partial charge in [-0.25, -0.2) is 15.0 Å². The zero-order valence-electron chi connectivity index (χ0n) is 15.9. The third kappa shape index (κ3) is 2.76. The van der Waals surface area contributed by atoms with Crippen molar-refractivity contribution in [2.24, 2.45) is 13.0 Å². The second kappa shape index (κ2) is 6.93. The third-order valence-corrected chi connectivity index (χ3v) is 5.48. The van der Waals surface area contributed by atoms with Crippen molar-refractivity contribution < 1.29 is 4.79 Å². The van der Waals surface area contributed by atoms with Gasteiger partial charge < -0.3 is 15.1 Å². The van der Waals surface area contributed by atoms with E-state index in [-0.39, 0.29) is 5.92 Å². The number of terminal acetylenes is 1. The van der Waals surface area contributed by atoms with Gasteiger partial charge in [0.05, 0.1) is 11.1 Å². The molecular formula is C22H21N5O. The molecule has 140 valence electrons. The van der Waals surface area contributed by atoms with Crippen LogP contribution >= 0.6 is 0 Å². The van der Waals surface area contributed by atoms with Crippen LogP contribution in [0.4, 0.5) is 5.82 Å². The quantitative estimate of drug-likeness (QED) is 0.564. The van der Waals surface area contributed by atoms with Crippen molar-refractivity contribution in [3.63, 3.8) is 0 Å². The Morgan fingerprint density at radius 1 is 1.36 bits per heavy atom. The molecule has 0 spiro atoms. The van der Waals surface area contributed by atoms with Gasteiger partial charge in [0.1, 0.15) is 29.8 Å². The summed E-state index contributed by atoms with van der Waals surface area (Å²) in [6.07, 6.45) is 14.3. The Bertz CT molecular complexity index is 1170. The fourth-order valence-corrected chi connectivity index (χ4v) is 3.99. The van der Waals surface area contributed by atoms with Crippen molar-refractivity contribution in [1.82, 2.24) is 19.5 Å². The topological polar surface area (TPSA) is 86.7 Å². The van der Waals surface area contributed by atoms with E-state index in [0.717, 1.165) is 59.0 Å². The first kappa shape index (κ1) is 17.9. The molecular weight excluding hydrogens is 350 g/mol. The van der Waals surface area contributed by atoms with Crippen LogP contribution in [0.2, 0.25) is 0 Å². The molecule has 0 bridgehead atoms. The summed E-state index contributed by atoms with van der Waals surface area (Å²) in [5.41, 5.74) is 12.8. The summed E-state index contributed by atoms with van der Waals surface area (Å²) in [6, 6.07) is 1.91. The number of aromatic nitrogens is 4. The molecule has 1 aliphatic carbocycles. The van der Waals surface area contributed by atoms with Gasteiger partial charge in [0.25, 0.3) is 0 Å². The number of fused-ring (bicyclic) bond motifs is 1. The van der Waals surface area contributed by atoms with Crippen molar-refractivity contribution in [2.45, 2.75) is 26.2 Å². The maximum atomic E-state index is 11.2. The fraction of sp³-hybridized carbons (Fsp3) is 0.273. The summed E-state index contributed by atoms with van der Waals surface area (Å²) < 4.78 is 2.04. The molecule has 0 radical (unpaired) electrons. The van der Waals surface area contributed by atoms with Crippen molar-refractivity contribution in [2.75, 3.05) is 5.73 Å². The average Bonchev–Trinajstić information content (AvgIpc) is 3.01. The molecule has 1 unspecified atom stereocenters. The maximum Gasteiger partial charge on any atom is 0.146 e. The maximum absolute atomic E-state index is 11.2. The number of rotatable bonds is 3. The number of carbonyl (C=O) groups is 1. The van der Waals surface area contributed by atoms with Crippen LogP contribution in [-0.4, -0.2) is 25.8 Å². The molecule has 0 aliphatic heterocycles. The number of nitrogens with two attached hydrogens (primary N) is 1. The average molecular weight is 371 g/mol. The highest BCUT2D eigenvalue weighted by Gasteiger charge is 2.26. The fourth-order valence-electron chi connectivity index (χ4n) is 3.99. The van der Waals surface area contributed by atoms with Gasteiger partial charge in [0.15, 0.2) is 0 Å². The molecule has 3 heterocycles. The SMILES string of the molecule is C#Cc1cc(C)c(-c2c(C3=CCC(C=O)CC3)c3c(N)ncnc3n2C)cn1. The number of aldehydes is 1. The van der Waals surface area contributed by atoms with E-state index in [0.29, 0.717) is 11.5 Å². The standard InChI is InChI=1S/C22H21N5O/c1-4-16-9-13(2)17(10-24-16)20-18(15-7-5-14(11-28)6-8-15)19-21(23)25-12-26-22(19)27(20)3/h1,7,9-12,14H,5-6,8H2,2-3H3,(H2,23,25,26). The van der Waals surface area contributed by atoms with Gasteiger partial charge in [-0.15, -0.1) is 6.42 Å². The van der Waals surface area contributed by atoms with Gasteiger partial charge in [-0.3, -0.25) is 0 Å². The molecule has 3 aromatic rings. The van der Waals surface area contributed by atoms with Crippen LogP contribution < -0.4 is 5.73 Å². The van der Waals surface area contributed by atoms with Gasteiger partial charge in [-0.2, -0.15) is 0 Å². The van der Waals surface area contributed by atoms with Gasteiger partial charge in [-0.1, -0.05) is 12.0 Å². The van der Waals surface area contributed by atoms with E-state index < -0.39 is 0 Å². The highest BCUT2D eigenvalue weighted by atomic mass is 16.1. The normalized spacial score (nSPS) is 16.6. The predicted molar refractivity (Wildman–Crippen MR) is 110 cm³/mol. The summed E-state index contributed by atoms with van der Waals surface area (Å²) in [5, 5.41) is 0.844. The molecule has 0 saturated heterocycles. The number of hydrogen-bond acceptors (Lipinski definition) is 5. The second-order valence-electron chi connectivity index (χ2n) is 7.17. The largest absolute Gasteiger partial charge is 0.383 e. The Kier molecular flexibility index (Phi) is 4.44. The summed E-state index contributed by atoms with van der Waals surface area (Å²) in [5.74, 6) is 3.11. The molecule has 0 saturated carbocycles. The van der Waals surface area contributed by atoms with E-state index in [4.69, 9.17) is 12.2 Å². The number of pyridine rings is 1. The third-order valence-electron chi connectivity index (χ3n) is 5.48. The van der Waals surface area contributed by atoms with Gasteiger partial charge in [0.2, 0.25) is 0 Å². The Hall–Kier alpha value is -3.46. The van der Waals surface area contributed by atoms with E-state index >= 15 is 0 Å². The van der Waals surface area contributed by atoms with Crippen LogP contribution in [-0.2, 0) is 11.8 Å². The summed E-state index contributed by atoms with van der Waals surface area (Å²) >= 11 is 0. The highest BCUT2D eigenvalue weighted by Crippen LogP contribution is 2.43. The second-order valence-corrected chi connectivity index (χ2v) is 7.17. The van der Waals surface area contributed by atoms with Gasteiger partial charge in [0, 0.05) is 30.3 Å². The molecule has 1 aliphatic rings. The molecule has 4 rings (SSSR count). The van der Waals surface area contributed by atoms with Gasteiger partial charge in [-0.05, 0) is 43.4 Å². The Morgan fingerprint density at radius 3 is 2.82 bits per heavy atom. The van der Waals surface area contributed by atoms with Crippen molar-refractivity contribution >= 4 is 28.7 Å². The number of hydrogen-bond donors (Lipinski definition) is 1. The van der Waals surface area contributed by atoms with Crippen LogP contribution in [0.3, 0.4) is 0 Å². The van der Waals surface area contributed by atoms with E-state index in [1.165, 1.54) is 11.9 Å². The smallest absolute Gasteiger partial charge is 0.146 e. The van der Waals surface area contributed by atoms with E-state index in [1.807, 2.05) is 30.8 Å². The van der Waals surface area contributed by atoms with Crippen molar-refractivity contribution in [3.8, 4) is 23.6 Å². The van der Waals surface area contributed by atoms with E-state index in [9.17, 15) is 4.79 Å². The number of allylic oxidation sites excluding steroid dienone is 2. The zero-order chi connectivity index (χ0) is 19.8. The Morgan fingerprint density at radius 2 is 2.18 bits per heavy atom. The molecule has 1 atom stereocenters. The predicted octanol–water partition coefficient (Wildman–Crippen LogP) is 3.28. The first-order valence-corrected chi connectivity index (χ1v) is 9.22. The minimum atomic E-state index is 0.0779. The molecule has 2 N–H and O–H groups in total. The molecule has 28 heavy (non-hydrogen) atoms. The van der Waals surface area contributed by atoms with Crippen LogP contribution in [0.5, 0.6) is 0 Å². The minimum absolute atomic E-state index is 0.0779. The molecule has 6 nitrogen and oxygen atoms in total. The lowest BCUT2D eigenvalue weighted by Crippen LogP contribution is -2.07. The lowest BCUT2D eigenvalue weighted by atomic mass is 9.85. The molecule has 3 aromatic heterocycles. The lowest BCUT2D eigenvalue weighted by Gasteiger charge is -2.19. The number of aryl methyl sites for hydroxylation is 2. The molecule has 0 fully saturated rings. The number of nitrogen functional groups attached to an aromatic ring is 1. The van der Waals surface area contributed by atoms with Crippen molar-refractivity contribution in [3.05, 3.63) is 41.5 Å². The van der Waals surface area contributed by atoms with Crippen LogP contribution in [0.1, 0.15) is 36.1 Å². The van der Waals surface area contributed by atoms with Gasteiger partial charge >= 0.3 is 0 Å². The zero-order valence-corrected chi connectivity index (χ0v) is 15.9. The minimum Gasteiger partial charge on any atom is -0.383 e. The van der Waals surface area contributed by atoms with Crippen LogP contribution in [0, 0.1) is 25.2 Å². The van der Waals surface area contributed by atoms with E-state index in [1.54, 1.807) is 0 Å². The van der Waals surface area contributed by atoms with Crippen molar-refractivity contribution in [1.29, 1.82) is 0 Å². The molecule has 0 amide bonds. The summed E-state index contributed by atoms with van der Waals surface area (Å²) in [7, 11) is 1.97. The van der Waals surface area contributed by atoms with E-state index in [2.05, 4.69) is 26.9 Å². The number of nitrogens with zero attached hydrogens (tertiary/aromatic N) is 4. The monoisotopic (exact) mass is 371 g/mol. The number of carbonyl (C=O) groups excluding carboxylic acids is 1. The number of anilines is 1. The molecule has 6 heteroatoms.